The lowest BCUT2D eigenvalue weighted by atomic mass is 10.1. The van der Waals surface area contributed by atoms with Crippen molar-refractivity contribution < 1.29 is 40.2 Å². The van der Waals surface area contributed by atoms with E-state index in [1.165, 1.54) is 30.3 Å². The van der Waals surface area contributed by atoms with Crippen molar-refractivity contribution in [1.82, 2.24) is 10.3 Å². The van der Waals surface area contributed by atoms with Crippen LogP contribution in [0.15, 0.2) is 48.7 Å². The summed E-state index contributed by atoms with van der Waals surface area (Å²) in [7, 11) is 0. The summed E-state index contributed by atoms with van der Waals surface area (Å²) >= 11 is 0. The molecule has 32 heavy (non-hydrogen) atoms. The van der Waals surface area contributed by atoms with E-state index in [1.54, 1.807) is 18.3 Å². The Kier molecular flexibility index (Phi) is 7.17. The van der Waals surface area contributed by atoms with E-state index < -0.39 is 25.3 Å². The SMILES string of the molecule is FC(F)C(F)(F)COc1cccc(CNCCc2c[nH]c3cc(OC(F)(F)F)ccc23)c1. The Morgan fingerprint density at radius 2 is 1.75 bits per heavy atom. The minimum atomic E-state index is -4.76. The van der Waals surface area contributed by atoms with Gasteiger partial charge in [0, 0.05) is 29.7 Å². The van der Waals surface area contributed by atoms with Gasteiger partial charge in [-0.1, -0.05) is 12.1 Å². The molecule has 0 unspecified atom stereocenters. The topological polar surface area (TPSA) is 46.3 Å². The third-order valence-electron chi connectivity index (χ3n) is 4.52. The molecule has 11 heteroatoms. The van der Waals surface area contributed by atoms with Gasteiger partial charge in [0.15, 0.2) is 6.61 Å². The minimum Gasteiger partial charge on any atom is -0.487 e. The van der Waals surface area contributed by atoms with E-state index in [1.807, 2.05) is 0 Å². The minimum absolute atomic E-state index is 0.0538. The first kappa shape index (κ1) is 23.7. The fourth-order valence-corrected chi connectivity index (χ4v) is 3.01. The average Bonchev–Trinajstić information content (AvgIpc) is 3.11. The lowest BCUT2D eigenvalue weighted by molar-refractivity contribution is -0.274. The molecule has 2 aromatic carbocycles. The first-order chi connectivity index (χ1) is 15.0. The van der Waals surface area contributed by atoms with Crippen molar-refractivity contribution in [3.05, 3.63) is 59.8 Å². The second kappa shape index (κ2) is 9.68. The molecule has 1 heterocycles. The molecule has 0 aliphatic carbocycles. The highest BCUT2D eigenvalue weighted by Crippen LogP contribution is 2.28. The van der Waals surface area contributed by atoms with Crippen molar-refractivity contribution in [2.45, 2.75) is 31.7 Å². The van der Waals surface area contributed by atoms with E-state index in [-0.39, 0.29) is 11.5 Å². The third-order valence-corrected chi connectivity index (χ3v) is 4.52. The Labute approximate surface area is 178 Å². The van der Waals surface area contributed by atoms with E-state index >= 15 is 0 Å². The summed E-state index contributed by atoms with van der Waals surface area (Å²) < 4.78 is 96.0. The van der Waals surface area contributed by atoms with Gasteiger partial charge >= 0.3 is 18.7 Å². The summed E-state index contributed by atoms with van der Waals surface area (Å²) in [5, 5.41) is 3.91. The highest BCUT2D eigenvalue weighted by molar-refractivity contribution is 5.84. The van der Waals surface area contributed by atoms with Crippen LogP contribution in [0.4, 0.5) is 30.7 Å². The van der Waals surface area contributed by atoms with Crippen LogP contribution >= 0.6 is 0 Å². The maximum absolute atomic E-state index is 13.0. The Hall–Kier alpha value is -2.95. The maximum Gasteiger partial charge on any atom is 0.573 e. The summed E-state index contributed by atoms with van der Waals surface area (Å²) in [6.07, 6.45) is -6.31. The van der Waals surface area contributed by atoms with Crippen LogP contribution < -0.4 is 14.8 Å². The molecule has 0 aliphatic rings. The Morgan fingerprint density at radius 1 is 0.969 bits per heavy atom. The number of fused-ring (bicyclic) bond motifs is 1. The Balaban J connectivity index is 1.51. The number of rotatable bonds is 10. The summed E-state index contributed by atoms with van der Waals surface area (Å²) in [5.74, 6) is -4.49. The predicted molar refractivity (Wildman–Crippen MR) is 103 cm³/mol. The van der Waals surface area contributed by atoms with Crippen LogP contribution in [0.25, 0.3) is 10.9 Å². The smallest absolute Gasteiger partial charge is 0.487 e. The lowest BCUT2D eigenvalue weighted by Crippen LogP contribution is -2.33. The number of aromatic nitrogens is 1. The highest BCUT2D eigenvalue weighted by Gasteiger charge is 2.41. The van der Waals surface area contributed by atoms with Crippen LogP contribution in [0.2, 0.25) is 0 Å². The molecule has 0 atom stereocenters. The lowest BCUT2D eigenvalue weighted by Gasteiger charge is -2.16. The van der Waals surface area contributed by atoms with E-state index in [0.29, 0.717) is 30.6 Å². The zero-order valence-electron chi connectivity index (χ0n) is 16.5. The van der Waals surface area contributed by atoms with Crippen LogP contribution in [0.1, 0.15) is 11.1 Å². The van der Waals surface area contributed by atoms with Gasteiger partial charge in [-0.25, -0.2) is 8.78 Å². The van der Waals surface area contributed by atoms with Crippen molar-refractivity contribution in [1.29, 1.82) is 0 Å². The summed E-state index contributed by atoms with van der Waals surface area (Å²) in [4.78, 5) is 2.91. The molecule has 4 nitrogen and oxygen atoms in total. The molecule has 0 fully saturated rings. The van der Waals surface area contributed by atoms with Gasteiger partial charge in [-0.05, 0) is 48.4 Å². The van der Waals surface area contributed by atoms with Crippen LogP contribution in [0, 0.1) is 0 Å². The summed E-state index contributed by atoms with van der Waals surface area (Å²) in [6.45, 7) is -0.533. The molecule has 0 radical (unpaired) electrons. The summed E-state index contributed by atoms with van der Waals surface area (Å²) in [6, 6.07) is 10.2. The molecule has 2 N–H and O–H groups in total. The zero-order valence-corrected chi connectivity index (χ0v) is 16.5. The van der Waals surface area contributed by atoms with Crippen LogP contribution in [0.3, 0.4) is 0 Å². The first-order valence-corrected chi connectivity index (χ1v) is 9.48. The quantitative estimate of drug-likeness (QED) is 0.300. The number of nitrogens with one attached hydrogen (secondary N) is 2. The molecular formula is C21H19F7N2O2. The van der Waals surface area contributed by atoms with Crippen LogP contribution in [-0.4, -0.2) is 36.8 Å². The fraction of sp³-hybridized carbons (Fsp3) is 0.333. The van der Waals surface area contributed by atoms with E-state index in [0.717, 1.165) is 10.9 Å². The maximum atomic E-state index is 13.0. The van der Waals surface area contributed by atoms with Gasteiger partial charge in [-0.2, -0.15) is 8.78 Å². The number of alkyl halides is 7. The van der Waals surface area contributed by atoms with Crippen LogP contribution in [-0.2, 0) is 13.0 Å². The normalized spacial score (nSPS) is 12.5. The summed E-state index contributed by atoms with van der Waals surface area (Å²) in [5.41, 5.74) is 2.10. The molecule has 0 saturated heterocycles. The molecule has 0 saturated carbocycles. The Bertz CT molecular complexity index is 1030. The number of hydrogen-bond acceptors (Lipinski definition) is 3. The number of ether oxygens (including phenoxy) is 2. The van der Waals surface area contributed by atoms with Crippen molar-refractivity contribution in [2.75, 3.05) is 13.2 Å². The molecule has 0 spiro atoms. The molecule has 1 aromatic heterocycles. The molecular weight excluding hydrogens is 445 g/mol. The van der Waals surface area contributed by atoms with Crippen molar-refractivity contribution in [2.24, 2.45) is 0 Å². The second-order valence-corrected chi connectivity index (χ2v) is 6.99. The molecule has 0 aliphatic heterocycles. The molecule has 174 valence electrons. The highest BCUT2D eigenvalue weighted by atomic mass is 19.4. The van der Waals surface area contributed by atoms with Crippen molar-refractivity contribution in [3.63, 3.8) is 0 Å². The largest absolute Gasteiger partial charge is 0.573 e. The third kappa shape index (κ3) is 6.52. The number of benzene rings is 2. The van der Waals surface area contributed by atoms with Gasteiger partial charge in [0.2, 0.25) is 0 Å². The van der Waals surface area contributed by atoms with Gasteiger partial charge in [0.05, 0.1) is 0 Å². The standard InChI is InChI=1S/C21H19F7N2O2/c22-19(23)20(24,25)12-31-15-3-1-2-13(8-15)10-29-7-6-14-11-30-18-9-16(4-5-17(14)18)32-21(26,27)28/h1-5,8-9,11,19,29-30H,6-7,10,12H2. The average molecular weight is 464 g/mol. The second-order valence-electron chi connectivity index (χ2n) is 6.99. The number of aromatic amines is 1. The van der Waals surface area contributed by atoms with Gasteiger partial charge in [-0.15, -0.1) is 13.2 Å². The van der Waals surface area contributed by atoms with Gasteiger partial charge in [0.25, 0.3) is 0 Å². The monoisotopic (exact) mass is 464 g/mol. The van der Waals surface area contributed by atoms with Gasteiger partial charge in [-0.3, -0.25) is 0 Å². The Morgan fingerprint density at radius 3 is 2.47 bits per heavy atom. The molecule has 3 rings (SSSR count). The zero-order chi connectivity index (χ0) is 23.4. The first-order valence-electron chi connectivity index (χ1n) is 9.48. The number of H-pyrrole nitrogens is 1. The number of halogens is 7. The van der Waals surface area contributed by atoms with E-state index in [4.69, 9.17) is 4.74 Å². The molecule has 3 aromatic rings. The predicted octanol–water partition coefficient (Wildman–Crippen LogP) is 5.68. The van der Waals surface area contributed by atoms with Gasteiger partial charge in [0.1, 0.15) is 11.5 Å². The number of hydrogen-bond donors (Lipinski definition) is 2. The van der Waals surface area contributed by atoms with Gasteiger partial charge < -0.3 is 19.8 Å². The molecule has 0 bridgehead atoms. The van der Waals surface area contributed by atoms with Crippen molar-refractivity contribution >= 4 is 10.9 Å². The van der Waals surface area contributed by atoms with Crippen LogP contribution in [0.5, 0.6) is 11.5 Å². The van der Waals surface area contributed by atoms with Crippen molar-refractivity contribution in [3.8, 4) is 11.5 Å². The molecule has 0 amide bonds. The fourth-order valence-electron chi connectivity index (χ4n) is 3.01. The van der Waals surface area contributed by atoms with E-state index in [9.17, 15) is 30.7 Å². The van der Waals surface area contributed by atoms with E-state index in [2.05, 4.69) is 15.0 Å².